The Morgan fingerprint density at radius 3 is 2.83 bits per heavy atom. The molecule has 2 rings (SSSR count). The smallest absolute Gasteiger partial charge is 0.224 e. The van der Waals surface area contributed by atoms with Gasteiger partial charge in [0.15, 0.2) is 0 Å². The van der Waals surface area contributed by atoms with Crippen LogP contribution in [-0.4, -0.2) is 5.91 Å². The molecule has 2 nitrogen and oxygen atoms in total. The molecule has 4 heteroatoms. The van der Waals surface area contributed by atoms with Gasteiger partial charge in [-0.3, -0.25) is 4.79 Å². The average Bonchev–Trinajstić information content (AvgIpc) is 2.82. The van der Waals surface area contributed by atoms with Crippen LogP contribution in [0.15, 0.2) is 41.1 Å². The molecule has 0 saturated carbocycles. The van der Waals surface area contributed by atoms with Crippen molar-refractivity contribution in [1.82, 2.24) is 5.32 Å². The van der Waals surface area contributed by atoms with E-state index < -0.39 is 0 Å². The van der Waals surface area contributed by atoms with Crippen molar-refractivity contribution < 1.29 is 9.18 Å². The minimum absolute atomic E-state index is 0.0934. The van der Waals surface area contributed by atoms with Gasteiger partial charge in [-0.25, -0.2) is 4.39 Å². The Morgan fingerprint density at radius 2 is 2.17 bits per heavy atom. The summed E-state index contributed by atoms with van der Waals surface area (Å²) in [6.45, 7) is 1.78. The van der Waals surface area contributed by atoms with Crippen LogP contribution >= 0.6 is 11.3 Å². The molecule has 2 aromatic rings. The summed E-state index contributed by atoms with van der Waals surface area (Å²) >= 11 is 1.56. The zero-order chi connectivity index (χ0) is 13.0. The van der Waals surface area contributed by atoms with Crippen molar-refractivity contribution >= 4 is 17.2 Å². The summed E-state index contributed by atoms with van der Waals surface area (Å²) in [5.41, 5.74) is 1.49. The zero-order valence-corrected chi connectivity index (χ0v) is 10.8. The monoisotopic (exact) mass is 263 g/mol. The molecule has 94 valence electrons. The van der Waals surface area contributed by atoms with Gasteiger partial charge in [-0.2, -0.15) is 11.3 Å². The normalized spacial score (nSPS) is 12.1. The molecule has 0 aliphatic heterocycles. The fourth-order valence-electron chi connectivity index (χ4n) is 1.78. The molecule has 0 bridgehead atoms. The van der Waals surface area contributed by atoms with Crippen LogP contribution in [0.5, 0.6) is 0 Å². The van der Waals surface area contributed by atoms with E-state index in [1.165, 1.54) is 6.07 Å². The van der Waals surface area contributed by atoms with Crippen molar-refractivity contribution in [1.29, 1.82) is 0 Å². The third-order valence-corrected chi connectivity index (χ3v) is 3.43. The lowest BCUT2D eigenvalue weighted by atomic mass is 10.1. The summed E-state index contributed by atoms with van der Waals surface area (Å²) in [5.74, 6) is -0.384. The van der Waals surface area contributed by atoms with Gasteiger partial charge in [0.25, 0.3) is 0 Å². The molecule has 0 aliphatic rings. The molecule has 0 fully saturated rings. The second-order valence-corrected chi connectivity index (χ2v) is 4.90. The fourth-order valence-corrected chi connectivity index (χ4v) is 2.44. The third kappa shape index (κ3) is 3.17. The first kappa shape index (κ1) is 12.8. The predicted octanol–water partition coefficient (Wildman–Crippen LogP) is 3.31. The van der Waals surface area contributed by atoms with Crippen LogP contribution < -0.4 is 5.32 Å². The summed E-state index contributed by atoms with van der Waals surface area (Å²) in [5, 5.41) is 6.67. The van der Waals surface area contributed by atoms with Gasteiger partial charge in [0.05, 0.1) is 12.5 Å². The molecular formula is C14H14FNOS. The van der Waals surface area contributed by atoms with Crippen molar-refractivity contribution in [3.8, 4) is 0 Å². The number of benzene rings is 1. The molecule has 1 atom stereocenters. The lowest BCUT2D eigenvalue weighted by Crippen LogP contribution is -2.28. The molecule has 1 heterocycles. The number of thiophene rings is 1. The van der Waals surface area contributed by atoms with E-state index in [0.717, 1.165) is 5.56 Å². The highest BCUT2D eigenvalue weighted by Crippen LogP contribution is 2.16. The predicted molar refractivity (Wildman–Crippen MR) is 71.0 cm³/mol. The number of halogens is 1. The Labute approximate surface area is 109 Å². The summed E-state index contributed by atoms with van der Waals surface area (Å²) in [6, 6.07) is 8.08. The lowest BCUT2D eigenvalue weighted by molar-refractivity contribution is -0.121. The van der Waals surface area contributed by atoms with Crippen LogP contribution in [0.2, 0.25) is 0 Å². The van der Waals surface area contributed by atoms with E-state index in [9.17, 15) is 9.18 Å². The third-order valence-electron chi connectivity index (χ3n) is 2.69. The summed E-state index contributed by atoms with van der Waals surface area (Å²) in [6.07, 6.45) is 0.336. The summed E-state index contributed by atoms with van der Waals surface area (Å²) in [7, 11) is 0. The quantitative estimate of drug-likeness (QED) is 0.901. The van der Waals surface area contributed by atoms with Crippen LogP contribution in [0.25, 0.3) is 0 Å². The van der Waals surface area contributed by atoms with Crippen molar-refractivity contribution in [3.63, 3.8) is 0 Å². The van der Waals surface area contributed by atoms with Crippen molar-refractivity contribution in [2.45, 2.75) is 19.4 Å². The van der Waals surface area contributed by atoms with Gasteiger partial charge < -0.3 is 5.32 Å². The first-order chi connectivity index (χ1) is 8.66. The maximum absolute atomic E-state index is 13.5. The van der Waals surface area contributed by atoms with Gasteiger partial charge >= 0.3 is 0 Å². The number of hydrogen-bond donors (Lipinski definition) is 1. The van der Waals surface area contributed by atoms with Gasteiger partial charge in [-0.15, -0.1) is 0 Å². The topological polar surface area (TPSA) is 29.1 Å². The Balaban J connectivity index is 1.97. The maximum atomic E-state index is 13.5. The molecule has 1 unspecified atom stereocenters. The molecule has 1 N–H and O–H groups in total. The molecule has 1 amide bonds. The number of nitrogens with one attached hydrogen (secondary N) is 1. The highest BCUT2D eigenvalue weighted by molar-refractivity contribution is 7.07. The van der Waals surface area contributed by atoms with Gasteiger partial charge in [0, 0.05) is 5.56 Å². The number of carbonyl (C=O) groups excluding carboxylic acids is 1. The number of amides is 1. The van der Waals surface area contributed by atoms with E-state index >= 15 is 0 Å². The van der Waals surface area contributed by atoms with Gasteiger partial charge in [0.1, 0.15) is 5.82 Å². The van der Waals surface area contributed by atoms with Gasteiger partial charge in [-0.05, 0) is 35.4 Å². The van der Waals surface area contributed by atoms with Crippen molar-refractivity contribution in [2.24, 2.45) is 0 Å². The van der Waals surface area contributed by atoms with E-state index in [1.807, 2.05) is 16.8 Å². The minimum atomic E-state index is -0.322. The molecule has 0 saturated heterocycles. The largest absolute Gasteiger partial charge is 0.349 e. The number of hydrogen-bond acceptors (Lipinski definition) is 2. The van der Waals surface area contributed by atoms with Crippen molar-refractivity contribution in [3.05, 3.63) is 58.0 Å². The molecule has 1 aromatic carbocycles. The minimum Gasteiger partial charge on any atom is -0.349 e. The Bertz CT molecular complexity index is 524. The Kier molecular flexibility index (Phi) is 4.10. The first-order valence-electron chi connectivity index (χ1n) is 5.71. The van der Waals surface area contributed by atoms with E-state index in [2.05, 4.69) is 5.32 Å². The molecule has 0 aliphatic carbocycles. The second-order valence-electron chi connectivity index (χ2n) is 4.12. The average molecular weight is 263 g/mol. The van der Waals surface area contributed by atoms with Crippen LogP contribution in [0.4, 0.5) is 4.39 Å². The summed E-state index contributed by atoms with van der Waals surface area (Å²) in [4.78, 5) is 11.8. The van der Waals surface area contributed by atoms with Crippen LogP contribution in [-0.2, 0) is 11.2 Å². The fraction of sp³-hybridized carbons (Fsp3) is 0.214. The lowest BCUT2D eigenvalue weighted by Gasteiger charge is -2.14. The maximum Gasteiger partial charge on any atom is 0.224 e. The van der Waals surface area contributed by atoms with E-state index in [0.29, 0.717) is 12.0 Å². The van der Waals surface area contributed by atoms with Gasteiger partial charge in [0.2, 0.25) is 5.91 Å². The van der Waals surface area contributed by atoms with E-state index in [4.69, 9.17) is 0 Å². The van der Waals surface area contributed by atoms with Crippen molar-refractivity contribution in [2.75, 3.05) is 0 Å². The van der Waals surface area contributed by atoms with E-state index in [1.54, 1.807) is 36.5 Å². The Morgan fingerprint density at radius 1 is 1.39 bits per heavy atom. The first-order valence-corrected chi connectivity index (χ1v) is 6.66. The number of carbonyl (C=O) groups is 1. The van der Waals surface area contributed by atoms with E-state index in [-0.39, 0.29) is 17.8 Å². The molecular weight excluding hydrogens is 249 g/mol. The van der Waals surface area contributed by atoms with Gasteiger partial charge in [-0.1, -0.05) is 18.2 Å². The zero-order valence-electron chi connectivity index (χ0n) is 10.0. The highest BCUT2D eigenvalue weighted by Gasteiger charge is 2.13. The molecule has 18 heavy (non-hydrogen) atoms. The molecule has 0 spiro atoms. The molecule has 1 aromatic heterocycles. The second kappa shape index (κ2) is 5.78. The van der Waals surface area contributed by atoms with Crippen LogP contribution in [0, 0.1) is 5.82 Å². The van der Waals surface area contributed by atoms with Crippen LogP contribution in [0.3, 0.4) is 0 Å². The SMILES string of the molecule is CC(NC(=O)Cc1ccsc1)c1ccccc1F. The summed E-state index contributed by atoms with van der Waals surface area (Å²) < 4.78 is 13.5. The molecule has 0 radical (unpaired) electrons. The van der Waals surface area contributed by atoms with Crippen LogP contribution in [0.1, 0.15) is 24.1 Å². The standard InChI is InChI=1S/C14H14FNOS/c1-10(12-4-2-3-5-13(12)15)16-14(17)8-11-6-7-18-9-11/h2-7,9-10H,8H2,1H3,(H,16,17). The number of rotatable bonds is 4. The highest BCUT2D eigenvalue weighted by atomic mass is 32.1. The Hall–Kier alpha value is -1.68.